The van der Waals surface area contributed by atoms with E-state index in [0.717, 1.165) is 10.4 Å². The molecule has 2 heterocycles. The van der Waals surface area contributed by atoms with Crippen molar-refractivity contribution >= 4 is 62.1 Å². The van der Waals surface area contributed by atoms with E-state index in [4.69, 9.17) is 60.5 Å². The molecular formula is C49H68Cl2F3NO12Si2. The smallest absolute Gasteiger partial charge is 0.471 e. The predicted octanol–water partition coefficient (Wildman–Crippen LogP) is 7.59. The molecule has 0 aliphatic carbocycles. The highest BCUT2D eigenvalue weighted by atomic mass is 35.5. The van der Waals surface area contributed by atoms with Crippen LogP contribution in [0.15, 0.2) is 84.9 Å². The van der Waals surface area contributed by atoms with Crippen LogP contribution in [0.4, 0.5) is 13.2 Å². The Morgan fingerprint density at radius 1 is 0.754 bits per heavy atom. The number of carbonyl (C=O) groups is 2. The topological polar surface area (TPSA) is 160 Å². The molecular weight excluding hydrogens is 979 g/mol. The monoisotopic (exact) mass is 1050 g/mol. The van der Waals surface area contributed by atoms with Crippen LogP contribution >= 0.6 is 23.2 Å². The average Bonchev–Trinajstić information content (AvgIpc) is 3.29. The van der Waals surface area contributed by atoms with Crippen molar-refractivity contribution in [3.63, 3.8) is 0 Å². The number of halogens is 5. The Balaban J connectivity index is 1.74. The lowest BCUT2D eigenvalue weighted by Gasteiger charge is -2.52. The first-order valence-corrected chi connectivity index (χ1v) is 28.4. The van der Waals surface area contributed by atoms with E-state index in [-0.39, 0.29) is 41.5 Å². The molecule has 3 N–H and O–H groups in total. The zero-order valence-electron chi connectivity index (χ0n) is 40.8. The van der Waals surface area contributed by atoms with Crippen molar-refractivity contribution < 1.29 is 70.2 Å². The fourth-order valence-electron chi connectivity index (χ4n) is 9.92. The lowest BCUT2D eigenvalue weighted by atomic mass is 9.95. The van der Waals surface area contributed by atoms with Gasteiger partial charge in [0.1, 0.15) is 60.5 Å². The molecule has 69 heavy (non-hydrogen) atoms. The molecule has 0 bridgehead atoms. The normalized spacial score (nSPS) is 26.0. The van der Waals surface area contributed by atoms with Crippen molar-refractivity contribution in [2.75, 3.05) is 25.0 Å². The van der Waals surface area contributed by atoms with Crippen molar-refractivity contribution in [1.82, 2.24) is 5.32 Å². The molecule has 3 aromatic rings. The number of hydrogen-bond donors (Lipinski definition) is 3. The third kappa shape index (κ3) is 12.9. The number of esters is 1. The second-order valence-electron chi connectivity index (χ2n) is 19.4. The summed E-state index contributed by atoms with van der Waals surface area (Å²) < 4.78 is 95.3. The summed E-state index contributed by atoms with van der Waals surface area (Å²) in [7, 11) is -6.38. The maximum Gasteiger partial charge on any atom is 0.471 e. The Morgan fingerprint density at radius 2 is 1.29 bits per heavy atom. The number of alkyl halides is 5. The molecule has 384 valence electrons. The minimum absolute atomic E-state index is 0.0225. The molecule has 20 heteroatoms. The Morgan fingerprint density at radius 3 is 1.77 bits per heavy atom. The molecule has 2 aliphatic heterocycles. The molecule has 10 atom stereocenters. The molecule has 13 nitrogen and oxygen atoms in total. The molecule has 0 spiro atoms. The standard InChI is InChI=1S/C49H68Cl2F3NO12Si2/c1-29(2)68(30(3)4,31(5)6)67-44-41(58)40(57)32(7)62-46(44)66-42-37(28-61-69(48(8,9)10,35-17-13-11-14-18-35)36-19-15-12-16-20-36)64-45(63-34-23-21-33(22-24-34)60-26-25-50)39(43(42)65-38(56)27-51)55-47(59)49(52,53)54/h11-24,29-32,37,39-46,57-58H,25-28H2,1-10H3,(H,55,59)/t32-,37+,39+,40+,41+,42+,43+,44-,45+,46+/m0/s1. The summed E-state index contributed by atoms with van der Waals surface area (Å²) in [6, 6.07) is 23.4. The van der Waals surface area contributed by atoms with Gasteiger partial charge >= 0.3 is 18.1 Å². The van der Waals surface area contributed by atoms with Gasteiger partial charge in [0.2, 0.25) is 14.6 Å². The highest BCUT2D eigenvalue weighted by Gasteiger charge is 2.59. The van der Waals surface area contributed by atoms with Gasteiger partial charge in [0.05, 0.1) is 18.6 Å². The predicted molar refractivity (Wildman–Crippen MR) is 261 cm³/mol. The number of rotatable bonds is 20. The summed E-state index contributed by atoms with van der Waals surface area (Å²) in [5.41, 5.74) is -0.0675. The van der Waals surface area contributed by atoms with E-state index in [9.17, 15) is 33.0 Å². The highest BCUT2D eigenvalue weighted by molar-refractivity contribution is 6.99. The maximum atomic E-state index is 14.3. The minimum Gasteiger partial charge on any atom is -0.492 e. The number of hydrogen-bond acceptors (Lipinski definition) is 12. The van der Waals surface area contributed by atoms with Gasteiger partial charge in [0, 0.05) is 0 Å². The maximum absolute atomic E-state index is 14.3. The second-order valence-corrected chi connectivity index (χ2v) is 29.8. The van der Waals surface area contributed by atoms with Crippen LogP contribution in [0.25, 0.3) is 0 Å². The first-order chi connectivity index (χ1) is 32.4. The third-order valence-corrected chi connectivity index (χ3v) is 24.5. The van der Waals surface area contributed by atoms with E-state index in [0.29, 0.717) is 5.75 Å². The van der Waals surface area contributed by atoms with Crippen molar-refractivity contribution in [1.29, 1.82) is 0 Å². The van der Waals surface area contributed by atoms with E-state index in [1.165, 1.54) is 19.1 Å². The molecule has 1 amide bonds. The molecule has 2 saturated heterocycles. The average molecular weight is 1050 g/mol. The molecule has 0 saturated carbocycles. The van der Waals surface area contributed by atoms with Gasteiger partial charge in [-0.25, -0.2) is 0 Å². The quantitative estimate of drug-likeness (QED) is 0.0579. The summed E-state index contributed by atoms with van der Waals surface area (Å²) in [6.45, 7) is 19.7. The van der Waals surface area contributed by atoms with Crippen LogP contribution < -0.4 is 25.2 Å². The lowest BCUT2D eigenvalue weighted by Crippen LogP contribution is -2.71. The summed E-state index contributed by atoms with van der Waals surface area (Å²) in [4.78, 5) is 26.5. The first kappa shape index (κ1) is 56.6. The van der Waals surface area contributed by atoms with Gasteiger partial charge in [0.15, 0.2) is 12.4 Å². The van der Waals surface area contributed by atoms with Gasteiger partial charge in [-0.05, 0) is 63.2 Å². The summed E-state index contributed by atoms with van der Waals surface area (Å²) in [5, 5.41) is 26.4. The van der Waals surface area contributed by atoms with E-state index >= 15 is 0 Å². The van der Waals surface area contributed by atoms with Crippen molar-refractivity contribution in [3.05, 3.63) is 84.9 Å². The van der Waals surface area contributed by atoms with E-state index in [2.05, 4.69) is 20.8 Å². The van der Waals surface area contributed by atoms with Gasteiger partial charge in [-0.3, -0.25) is 9.59 Å². The van der Waals surface area contributed by atoms with Crippen LogP contribution in [0.2, 0.25) is 21.7 Å². The van der Waals surface area contributed by atoms with Crippen LogP contribution in [0.3, 0.4) is 0 Å². The van der Waals surface area contributed by atoms with Crippen LogP contribution in [0, 0.1) is 0 Å². The van der Waals surface area contributed by atoms with Gasteiger partial charge < -0.3 is 52.8 Å². The number of aliphatic hydroxyl groups excluding tert-OH is 2. The van der Waals surface area contributed by atoms with E-state index in [1.807, 2.05) is 108 Å². The molecule has 0 aromatic heterocycles. The Labute approximate surface area is 415 Å². The zero-order chi connectivity index (χ0) is 51.1. The number of benzene rings is 3. The number of carbonyl (C=O) groups excluding carboxylic acids is 2. The van der Waals surface area contributed by atoms with Gasteiger partial charge in [-0.15, -0.1) is 23.2 Å². The first-order valence-electron chi connectivity index (χ1n) is 23.3. The lowest BCUT2D eigenvalue weighted by molar-refractivity contribution is -0.337. The van der Waals surface area contributed by atoms with Crippen LogP contribution in [0.1, 0.15) is 69.2 Å². The Kier molecular flexibility index (Phi) is 19.7. The summed E-state index contributed by atoms with van der Waals surface area (Å²) in [6.07, 6.45) is -19.2. The third-order valence-electron chi connectivity index (χ3n) is 13.0. The van der Waals surface area contributed by atoms with Gasteiger partial charge in [-0.2, -0.15) is 13.2 Å². The Hall–Kier alpha value is -3.28. The van der Waals surface area contributed by atoms with Gasteiger partial charge in [0.25, 0.3) is 8.32 Å². The largest absolute Gasteiger partial charge is 0.492 e. The van der Waals surface area contributed by atoms with Crippen molar-refractivity contribution in [3.8, 4) is 11.5 Å². The van der Waals surface area contributed by atoms with Crippen molar-refractivity contribution in [2.24, 2.45) is 0 Å². The number of nitrogens with one attached hydrogen (secondary N) is 1. The number of ether oxygens (including phenoxy) is 6. The number of amides is 1. The summed E-state index contributed by atoms with van der Waals surface area (Å²) in [5.74, 6) is -3.52. The second kappa shape index (κ2) is 24.0. The number of aliphatic hydroxyl groups is 2. The highest BCUT2D eigenvalue weighted by Crippen LogP contribution is 2.46. The Bertz CT molecular complexity index is 2030. The molecule has 0 radical (unpaired) electrons. The SMILES string of the molecule is CC(C)[Si](O[C@@H]1[C@@H](O[C@H]2[C@H](OC(=O)CCl)[C@@H](NC(=O)C(F)(F)F)[C@H](Oc3ccc(OCCCl)cc3)O[C@@H]2CO[Si](c2ccccc2)(c2ccccc2)C(C)(C)C)O[C@@H](C)[C@@H](O)[C@H]1O)(C(C)C)C(C)C. The van der Waals surface area contributed by atoms with Crippen molar-refractivity contribution in [2.45, 2.75) is 158 Å². The van der Waals surface area contributed by atoms with Crippen LogP contribution in [-0.4, -0.2) is 131 Å². The molecule has 2 fully saturated rings. The fourth-order valence-corrected chi connectivity index (χ4v) is 20.2. The summed E-state index contributed by atoms with van der Waals surface area (Å²) >= 11 is 11.9. The molecule has 2 aliphatic rings. The molecule has 0 unspecified atom stereocenters. The van der Waals surface area contributed by atoms with E-state index < -0.39 is 107 Å². The molecule has 3 aromatic carbocycles. The fraction of sp³-hybridized carbons (Fsp3) is 0.592. The van der Waals surface area contributed by atoms with Gasteiger partial charge in [-0.1, -0.05) is 123 Å². The zero-order valence-corrected chi connectivity index (χ0v) is 44.3. The van der Waals surface area contributed by atoms with Crippen LogP contribution in [-0.2, 0) is 37.4 Å². The molecule has 5 rings (SSSR count). The van der Waals surface area contributed by atoms with Crippen LogP contribution in [0.5, 0.6) is 11.5 Å². The minimum atomic E-state index is -5.42. The van der Waals surface area contributed by atoms with E-state index in [1.54, 1.807) is 12.1 Å².